The first-order valence-electron chi connectivity index (χ1n) is 5.53. The Labute approximate surface area is 111 Å². The van der Waals surface area contributed by atoms with E-state index in [2.05, 4.69) is 4.72 Å². The molecule has 0 fully saturated rings. The van der Waals surface area contributed by atoms with Gasteiger partial charge in [0.05, 0.1) is 10.6 Å². The molecule has 0 bridgehead atoms. The van der Waals surface area contributed by atoms with Gasteiger partial charge in [0.2, 0.25) is 0 Å². The zero-order chi connectivity index (χ0) is 14.0. The predicted molar refractivity (Wildman–Crippen MR) is 72.8 cm³/mol. The fourth-order valence-corrected chi connectivity index (χ4v) is 2.75. The van der Waals surface area contributed by atoms with Crippen LogP contribution < -0.4 is 10.5 Å². The van der Waals surface area contributed by atoms with Crippen molar-refractivity contribution in [2.45, 2.75) is 11.8 Å². The van der Waals surface area contributed by atoms with Crippen LogP contribution in [0.25, 0.3) is 0 Å². The largest absolute Gasteiger partial charge is 0.399 e. The van der Waals surface area contributed by atoms with E-state index in [1.165, 1.54) is 12.1 Å². The summed E-state index contributed by atoms with van der Waals surface area (Å²) in [7, 11) is -3.72. The zero-order valence-corrected chi connectivity index (χ0v) is 11.0. The van der Waals surface area contributed by atoms with Gasteiger partial charge in [-0.05, 0) is 55.0 Å². The van der Waals surface area contributed by atoms with E-state index >= 15 is 0 Å². The van der Waals surface area contributed by atoms with Crippen molar-refractivity contribution in [2.75, 3.05) is 10.5 Å². The minimum atomic E-state index is -3.72. The Kier molecular flexibility index (Phi) is 3.44. The smallest absolute Gasteiger partial charge is 0.261 e. The Hall–Kier alpha value is -2.08. The van der Waals surface area contributed by atoms with Crippen molar-refractivity contribution in [1.29, 1.82) is 0 Å². The quantitative estimate of drug-likeness (QED) is 0.848. The van der Waals surface area contributed by atoms with Crippen LogP contribution >= 0.6 is 0 Å². The van der Waals surface area contributed by atoms with Crippen LogP contribution in [0.5, 0.6) is 0 Å². The predicted octanol–water partition coefficient (Wildman–Crippen LogP) is 2.52. The van der Waals surface area contributed by atoms with Gasteiger partial charge in [0.25, 0.3) is 10.0 Å². The number of sulfonamides is 1. The van der Waals surface area contributed by atoms with Crippen LogP contribution in [-0.2, 0) is 10.0 Å². The Morgan fingerprint density at radius 1 is 1.11 bits per heavy atom. The van der Waals surface area contributed by atoms with Gasteiger partial charge in [-0.15, -0.1) is 0 Å². The van der Waals surface area contributed by atoms with Gasteiger partial charge < -0.3 is 5.73 Å². The number of halogens is 1. The Morgan fingerprint density at radius 2 is 1.74 bits per heavy atom. The first-order chi connectivity index (χ1) is 8.88. The fraction of sp³-hybridized carbons (Fsp3) is 0.0769. The molecule has 0 atom stereocenters. The Morgan fingerprint density at radius 3 is 2.32 bits per heavy atom. The zero-order valence-electron chi connectivity index (χ0n) is 10.2. The summed E-state index contributed by atoms with van der Waals surface area (Å²) in [6, 6.07) is 9.49. The van der Waals surface area contributed by atoms with E-state index in [1.54, 1.807) is 25.1 Å². The molecule has 4 nitrogen and oxygen atoms in total. The summed E-state index contributed by atoms with van der Waals surface area (Å²) >= 11 is 0. The average molecular weight is 280 g/mol. The molecule has 0 heterocycles. The SMILES string of the molecule is Cc1cc(N)ccc1NS(=O)(=O)c1ccc(F)cc1. The summed E-state index contributed by atoms with van der Waals surface area (Å²) < 4.78 is 39.4. The number of aryl methyl sites for hydroxylation is 1. The minimum absolute atomic E-state index is 0.00475. The molecule has 0 aliphatic heterocycles. The Balaban J connectivity index is 2.33. The third-order valence-electron chi connectivity index (χ3n) is 2.62. The maximum absolute atomic E-state index is 12.8. The van der Waals surface area contributed by atoms with Crippen LogP contribution in [0.2, 0.25) is 0 Å². The number of rotatable bonds is 3. The summed E-state index contributed by atoms with van der Waals surface area (Å²) in [5, 5.41) is 0. The molecule has 0 amide bonds. The number of hydrogen-bond acceptors (Lipinski definition) is 3. The van der Waals surface area contributed by atoms with Gasteiger partial charge in [-0.1, -0.05) is 0 Å². The van der Waals surface area contributed by atoms with Crippen LogP contribution in [0.4, 0.5) is 15.8 Å². The number of anilines is 2. The molecular weight excluding hydrogens is 267 g/mol. The highest BCUT2D eigenvalue weighted by Gasteiger charge is 2.15. The molecule has 2 rings (SSSR count). The molecule has 0 aliphatic rings. The van der Waals surface area contributed by atoms with E-state index in [0.717, 1.165) is 12.1 Å². The first kappa shape index (κ1) is 13.4. The number of nitrogen functional groups attached to an aromatic ring is 1. The van der Waals surface area contributed by atoms with E-state index in [0.29, 0.717) is 16.9 Å². The average Bonchev–Trinajstić information content (AvgIpc) is 2.33. The topological polar surface area (TPSA) is 72.2 Å². The van der Waals surface area contributed by atoms with E-state index in [4.69, 9.17) is 5.73 Å². The maximum Gasteiger partial charge on any atom is 0.261 e. The van der Waals surface area contributed by atoms with E-state index in [9.17, 15) is 12.8 Å². The molecule has 2 aromatic carbocycles. The highest BCUT2D eigenvalue weighted by molar-refractivity contribution is 7.92. The second-order valence-corrected chi connectivity index (χ2v) is 5.82. The number of hydrogen-bond donors (Lipinski definition) is 2. The summed E-state index contributed by atoms with van der Waals surface area (Å²) in [4.78, 5) is 0.00475. The van der Waals surface area contributed by atoms with Gasteiger partial charge in [0.15, 0.2) is 0 Å². The van der Waals surface area contributed by atoms with Crippen molar-refractivity contribution in [1.82, 2.24) is 0 Å². The molecular formula is C13H13FN2O2S. The monoisotopic (exact) mass is 280 g/mol. The second-order valence-electron chi connectivity index (χ2n) is 4.13. The van der Waals surface area contributed by atoms with Crippen LogP contribution in [0.3, 0.4) is 0 Å². The van der Waals surface area contributed by atoms with Crippen molar-refractivity contribution >= 4 is 21.4 Å². The van der Waals surface area contributed by atoms with E-state index in [-0.39, 0.29) is 4.90 Å². The fourth-order valence-electron chi connectivity index (χ4n) is 1.62. The van der Waals surface area contributed by atoms with Crippen molar-refractivity contribution in [3.63, 3.8) is 0 Å². The molecule has 100 valence electrons. The van der Waals surface area contributed by atoms with Crippen LogP contribution in [-0.4, -0.2) is 8.42 Å². The summed E-state index contributed by atoms with van der Waals surface area (Å²) in [6.07, 6.45) is 0. The van der Waals surface area contributed by atoms with Crippen LogP contribution in [0.15, 0.2) is 47.4 Å². The van der Waals surface area contributed by atoms with Gasteiger partial charge in [-0.3, -0.25) is 4.72 Å². The lowest BCUT2D eigenvalue weighted by Gasteiger charge is -2.11. The molecule has 0 saturated heterocycles. The first-order valence-corrected chi connectivity index (χ1v) is 7.01. The lowest BCUT2D eigenvalue weighted by molar-refractivity contribution is 0.599. The van der Waals surface area contributed by atoms with Gasteiger partial charge in [-0.2, -0.15) is 0 Å². The Bertz CT molecular complexity index is 697. The number of nitrogens with two attached hydrogens (primary N) is 1. The molecule has 0 aliphatic carbocycles. The second kappa shape index (κ2) is 4.89. The highest BCUT2D eigenvalue weighted by Crippen LogP contribution is 2.21. The molecule has 3 N–H and O–H groups in total. The highest BCUT2D eigenvalue weighted by atomic mass is 32.2. The molecule has 6 heteroatoms. The van der Waals surface area contributed by atoms with E-state index < -0.39 is 15.8 Å². The molecule has 0 unspecified atom stereocenters. The third kappa shape index (κ3) is 3.03. The lowest BCUT2D eigenvalue weighted by atomic mass is 10.2. The molecule has 19 heavy (non-hydrogen) atoms. The lowest BCUT2D eigenvalue weighted by Crippen LogP contribution is -2.13. The van der Waals surface area contributed by atoms with Crippen LogP contribution in [0, 0.1) is 12.7 Å². The number of benzene rings is 2. The van der Waals surface area contributed by atoms with Gasteiger partial charge >= 0.3 is 0 Å². The van der Waals surface area contributed by atoms with Gasteiger partial charge in [0.1, 0.15) is 5.82 Å². The van der Waals surface area contributed by atoms with Crippen molar-refractivity contribution in [3.8, 4) is 0 Å². The van der Waals surface area contributed by atoms with Gasteiger partial charge in [-0.25, -0.2) is 12.8 Å². The molecule has 0 spiro atoms. The third-order valence-corrected chi connectivity index (χ3v) is 4.00. The summed E-state index contributed by atoms with van der Waals surface area (Å²) in [6.45, 7) is 1.75. The van der Waals surface area contributed by atoms with Crippen molar-refractivity contribution < 1.29 is 12.8 Å². The van der Waals surface area contributed by atoms with Crippen LogP contribution in [0.1, 0.15) is 5.56 Å². The van der Waals surface area contributed by atoms with E-state index in [1.807, 2.05) is 0 Å². The molecule has 2 aromatic rings. The maximum atomic E-state index is 12.8. The van der Waals surface area contributed by atoms with Gasteiger partial charge in [0, 0.05) is 5.69 Å². The standard InChI is InChI=1S/C13H13FN2O2S/c1-9-8-11(15)4-7-13(9)16-19(17,18)12-5-2-10(14)3-6-12/h2-8,16H,15H2,1H3. The van der Waals surface area contributed by atoms with Crippen molar-refractivity contribution in [2.24, 2.45) is 0 Å². The summed E-state index contributed by atoms with van der Waals surface area (Å²) in [5.41, 5.74) is 7.31. The van der Waals surface area contributed by atoms with Crippen molar-refractivity contribution in [3.05, 3.63) is 53.8 Å². The summed E-state index contributed by atoms with van der Waals surface area (Å²) in [5.74, 6) is -0.484. The molecule has 0 radical (unpaired) electrons. The molecule has 0 saturated carbocycles. The molecule has 0 aromatic heterocycles. The minimum Gasteiger partial charge on any atom is -0.399 e. The number of nitrogens with one attached hydrogen (secondary N) is 1. The normalized spacial score (nSPS) is 11.3.